The van der Waals surface area contributed by atoms with Gasteiger partial charge in [-0.15, -0.1) is 0 Å². The zero-order chi connectivity index (χ0) is 24.3. The molecular weight excluding hydrogens is 492 g/mol. The lowest BCUT2D eigenvalue weighted by Crippen LogP contribution is -2.39. The highest BCUT2D eigenvalue weighted by Gasteiger charge is 2.44. The van der Waals surface area contributed by atoms with Crippen LogP contribution in [-0.2, 0) is 15.7 Å². The van der Waals surface area contributed by atoms with E-state index in [1.165, 1.54) is 10.9 Å². The van der Waals surface area contributed by atoms with Crippen LogP contribution in [-0.4, -0.2) is 38.7 Å². The van der Waals surface area contributed by atoms with Crippen molar-refractivity contribution in [2.24, 2.45) is 5.92 Å². The molecule has 5 rings (SSSR count). The highest BCUT2D eigenvalue weighted by atomic mass is 35.5. The monoisotopic (exact) mass is 512 g/mol. The molecule has 1 unspecified atom stereocenters. The van der Waals surface area contributed by atoms with Crippen LogP contribution in [0.5, 0.6) is 0 Å². The fraction of sp³-hybridized carbons (Fsp3) is 0.435. The van der Waals surface area contributed by atoms with Gasteiger partial charge in [-0.2, -0.15) is 18.3 Å². The quantitative estimate of drug-likeness (QED) is 0.411. The highest BCUT2D eigenvalue weighted by Crippen LogP contribution is 2.43. The molecule has 0 radical (unpaired) electrons. The first-order chi connectivity index (χ1) is 16.1. The van der Waals surface area contributed by atoms with E-state index in [4.69, 9.17) is 32.7 Å². The zero-order valence-corrected chi connectivity index (χ0v) is 19.9. The third-order valence-electron chi connectivity index (χ3n) is 6.47. The Morgan fingerprint density at radius 3 is 2.59 bits per heavy atom. The Labute approximate surface area is 203 Å². The average molecular weight is 513 g/mol. The van der Waals surface area contributed by atoms with Crippen molar-refractivity contribution in [1.82, 2.24) is 19.7 Å². The molecule has 2 atom stereocenters. The predicted molar refractivity (Wildman–Crippen MR) is 122 cm³/mol. The SMILES string of the molecule is CC1CC(c2cnc3c(C(F)(F)F)nn([C@H](C)c4ccc(Cl)cc4Cl)c3n2)=CCC12OCCO2. The molecule has 1 spiro atoms. The Kier molecular flexibility index (Phi) is 5.87. The highest BCUT2D eigenvalue weighted by molar-refractivity contribution is 6.35. The molecule has 6 nitrogen and oxygen atoms in total. The van der Waals surface area contributed by atoms with Crippen LogP contribution in [0.25, 0.3) is 16.7 Å². The number of nitrogens with zero attached hydrogens (tertiary/aromatic N) is 4. The molecule has 2 aliphatic rings. The molecule has 3 aromatic rings. The van der Waals surface area contributed by atoms with E-state index in [-0.39, 0.29) is 17.1 Å². The van der Waals surface area contributed by atoms with Gasteiger partial charge in [-0.25, -0.2) is 14.6 Å². The molecule has 1 aromatic carbocycles. The van der Waals surface area contributed by atoms with Gasteiger partial charge in [0.15, 0.2) is 17.1 Å². The third kappa shape index (κ3) is 3.98. The summed E-state index contributed by atoms with van der Waals surface area (Å²) < 4.78 is 54.2. The van der Waals surface area contributed by atoms with Crippen LogP contribution in [0.2, 0.25) is 10.0 Å². The van der Waals surface area contributed by atoms with Crippen molar-refractivity contribution in [1.29, 1.82) is 0 Å². The summed E-state index contributed by atoms with van der Waals surface area (Å²) in [6, 6.07) is 4.19. The lowest BCUT2D eigenvalue weighted by molar-refractivity contribution is -0.190. The van der Waals surface area contributed by atoms with Gasteiger partial charge in [-0.3, -0.25) is 0 Å². The van der Waals surface area contributed by atoms with Crippen LogP contribution >= 0.6 is 23.2 Å². The second kappa shape index (κ2) is 8.48. The lowest BCUT2D eigenvalue weighted by Gasteiger charge is -2.36. The second-order valence-electron chi connectivity index (χ2n) is 8.61. The number of halogens is 5. The van der Waals surface area contributed by atoms with Crippen LogP contribution < -0.4 is 0 Å². The van der Waals surface area contributed by atoms with E-state index in [1.54, 1.807) is 25.1 Å². The van der Waals surface area contributed by atoms with E-state index in [1.807, 2.05) is 13.0 Å². The van der Waals surface area contributed by atoms with Gasteiger partial charge in [0, 0.05) is 22.4 Å². The molecular formula is C23H21Cl2F3N4O2. The Hall–Kier alpha value is -2.20. The van der Waals surface area contributed by atoms with Crippen molar-refractivity contribution in [3.05, 3.63) is 57.5 Å². The van der Waals surface area contributed by atoms with Crippen LogP contribution in [0.15, 0.2) is 30.5 Å². The summed E-state index contributed by atoms with van der Waals surface area (Å²) in [5.41, 5.74) is 0.583. The summed E-state index contributed by atoms with van der Waals surface area (Å²) in [5, 5.41) is 4.63. The van der Waals surface area contributed by atoms with E-state index in [2.05, 4.69) is 15.1 Å². The summed E-state index contributed by atoms with van der Waals surface area (Å²) in [6.07, 6.45) is -0.222. The second-order valence-corrected chi connectivity index (χ2v) is 9.45. The molecule has 180 valence electrons. The van der Waals surface area contributed by atoms with Crippen molar-refractivity contribution >= 4 is 39.9 Å². The molecule has 0 amide bonds. The van der Waals surface area contributed by atoms with Gasteiger partial charge in [-0.05, 0) is 36.6 Å². The fourth-order valence-electron chi connectivity index (χ4n) is 4.61. The van der Waals surface area contributed by atoms with Gasteiger partial charge in [0.25, 0.3) is 0 Å². The molecule has 1 aliphatic heterocycles. The number of benzene rings is 1. The Morgan fingerprint density at radius 2 is 1.94 bits per heavy atom. The van der Waals surface area contributed by atoms with Crippen LogP contribution in [0.4, 0.5) is 13.2 Å². The maximum atomic E-state index is 13.8. The summed E-state index contributed by atoms with van der Waals surface area (Å²) in [7, 11) is 0. The first kappa shape index (κ1) is 23.5. The Bertz CT molecular complexity index is 1290. The minimum Gasteiger partial charge on any atom is -0.347 e. The maximum absolute atomic E-state index is 13.8. The first-order valence-corrected chi connectivity index (χ1v) is 11.6. The van der Waals surface area contributed by atoms with Gasteiger partial charge in [0.2, 0.25) is 0 Å². The van der Waals surface area contributed by atoms with Gasteiger partial charge in [0.05, 0.1) is 31.1 Å². The topological polar surface area (TPSA) is 62.1 Å². The van der Waals surface area contributed by atoms with Gasteiger partial charge in [-0.1, -0.05) is 42.3 Å². The molecule has 0 bridgehead atoms. The molecule has 3 heterocycles. The standard InChI is InChI=1S/C23H21Cl2F3N4O2/c1-12-9-14(5-6-22(12)33-7-8-34-22)18-11-29-19-20(23(26,27)28)31-32(21(19)30-18)13(2)16-4-3-15(24)10-17(16)25/h3-5,10-13H,6-9H2,1-2H3/t12?,13-/m1/s1. The van der Waals surface area contributed by atoms with Gasteiger partial charge >= 0.3 is 6.18 Å². The molecule has 2 aromatic heterocycles. The number of ether oxygens (including phenoxy) is 2. The molecule has 0 saturated carbocycles. The smallest absolute Gasteiger partial charge is 0.347 e. The summed E-state index contributed by atoms with van der Waals surface area (Å²) in [5.74, 6) is -0.596. The van der Waals surface area contributed by atoms with E-state index in [9.17, 15) is 13.2 Å². The summed E-state index contributed by atoms with van der Waals surface area (Å²) >= 11 is 12.3. The molecule has 1 saturated heterocycles. The van der Waals surface area contributed by atoms with Crippen molar-refractivity contribution in [3.8, 4) is 0 Å². The zero-order valence-electron chi connectivity index (χ0n) is 18.4. The van der Waals surface area contributed by atoms with Gasteiger partial charge < -0.3 is 9.47 Å². The predicted octanol–water partition coefficient (Wildman–Crippen LogP) is 6.32. The van der Waals surface area contributed by atoms with Gasteiger partial charge in [0.1, 0.15) is 5.52 Å². The average Bonchev–Trinajstić information content (AvgIpc) is 3.40. The molecule has 11 heteroatoms. The maximum Gasteiger partial charge on any atom is 0.437 e. The van der Waals surface area contributed by atoms with Crippen LogP contribution in [0.3, 0.4) is 0 Å². The number of allylic oxidation sites excluding steroid dienone is 1. The molecule has 1 aliphatic carbocycles. The normalized spacial score (nSPS) is 21.3. The number of alkyl halides is 3. The fourth-order valence-corrected chi connectivity index (χ4v) is 5.18. The Balaban J connectivity index is 1.60. The molecule has 0 N–H and O–H groups in total. The van der Waals surface area contributed by atoms with Crippen LogP contribution in [0, 0.1) is 5.92 Å². The number of hydrogen-bond donors (Lipinski definition) is 0. The summed E-state index contributed by atoms with van der Waals surface area (Å²) in [4.78, 5) is 8.74. The summed E-state index contributed by atoms with van der Waals surface area (Å²) in [6.45, 7) is 4.82. The number of fused-ring (bicyclic) bond motifs is 1. The van der Waals surface area contributed by atoms with Crippen molar-refractivity contribution in [3.63, 3.8) is 0 Å². The third-order valence-corrected chi connectivity index (χ3v) is 7.03. The largest absolute Gasteiger partial charge is 0.437 e. The lowest BCUT2D eigenvalue weighted by atomic mass is 9.83. The number of rotatable bonds is 3. The van der Waals surface area contributed by atoms with Crippen molar-refractivity contribution < 1.29 is 22.6 Å². The van der Waals surface area contributed by atoms with E-state index < -0.39 is 23.7 Å². The Morgan fingerprint density at radius 1 is 1.21 bits per heavy atom. The van der Waals surface area contributed by atoms with E-state index in [0.717, 1.165) is 5.57 Å². The number of hydrogen-bond acceptors (Lipinski definition) is 5. The number of aromatic nitrogens is 4. The van der Waals surface area contributed by atoms with Crippen LogP contribution in [0.1, 0.15) is 49.7 Å². The first-order valence-electron chi connectivity index (χ1n) is 10.8. The van der Waals surface area contributed by atoms with Crippen molar-refractivity contribution in [2.45, 2.75) is 44.7 Å². The van der Waals surface area contributed by atoms with E-state index in [0.29, 0.717) is 47.4 Å². The molecule has 34 heavy (non-hydrogen) atoms. The minimum atomic E-state index is -4.69. The minimum absolute atomic E-state index is 0.0329. The van der Waals surface area contributed by atoms with Crippen molar-refractivity contribution in [2.75, 3.05) is 13.2 Å². The van der Waals surface area contributed by atoms with E-state index >= 15 is 0 Å². The molecule has 1 fully saturated rings.